The fourth-order valence-electron chi connectivity index (χ4n) is 3.63. The van der Waals surface area contributed by atoms with E-state index in [2.05, 4.69) is 10.3 Å². The Morgan fingerprint density at radius 3 is 2.77 bits per heavy atom. The van der Waals surface area contributed by atoms with Crippen LogP contribution in [0.4, 0.5) is 5.69 Å². The smallest absolute Gasteiger partial charge is 0.248 e. The highest BCUT2D eigenvalue weighted by atomic mass is 35.5. The molecule has 2 aromatic carbocycles. The third-order valence-electron chi connectivity index (χ3n) is 5.18. The molecular weight excluding hydrogens is 426 g/mol. The summed E-state index contributed by atoms with van der Waals surface area (Å²) in [4.78, 5) is 26.9. The first-order valence-corrected chi connectivity index (χ1v) is 11.3. The molecule has 9 heteroatoms. The summed E-state index contributed by atoms with van der Waals surface area (Å²) in [6, 6.07) is 14.4. The molecule has 1 amide bonds. The largest absolute Gasteiger partial charge is 0.326 e. The number of nitrogens with one attached hydrogen (secondary N) is 2. The fourth-order valence-corrected chi connectivity index (χ4v) is 5.38. The Hall–Kier alpha value is -2.68. The highest BCUT2D eigenvalue weighted by molar-refractivity contribution is 7.89. The van der Waals surface area contributed by atoms with Crippen LogP contribution in [0.2, 0.25) is 5.02 Å². The van der Waals surface area contributed by atoms with Crippen LogP contribution in [0.1, 0.15) is 12.8 Å². The molecule has 0 radical (unpaired) electrons. The van der Waals surface area contributed by atoms with Crippen molar-refractivity contribution in [3.8, 4) is 0 Å². The maximum atomic E-state index is 13.2. The summed E-state index contributed by atoms with van der Waals surface area (Å²) in [6.07, 6.45) is 1.20. The van der Waals surface area contributed by atoms with Crippen molar-refractivity contribution in [2.75, 3.05) is 18.4 Å². The lowest BCUT2D eigenvalue weighted by atomic mass is 9.99. The van der Waals surface area contributed by atoms with E-state index in [0.29, 0.717) is 41.0 Å². The Morgan fingerprint density at radius 1 is 1.13 bits per heavy atom. The van der Waals surface area contributed by atoms with Gasteiger partial charge in [-0.3, -0.25) is 9.59 Å². The van der Waals surface area contributed by atoms with E-state index in [4.69, 9.17) is 11.6 Å². The number of H-pyrrole nitrogens is 1. The van der Waals surface area contributed by atoms with Crippen LogP contribution in [0.3, 0.4) is 0 Å². The molecule has 4 rings (SSSR count). The summed E-state index contributed by atoms with van der Waals surface area (Å²) < 4.78 is 27.7. The summed E-state index contributed by atoms with van der Waals surface area (Å²) >= 11 is 5.96. The van der Waals surface area contributed by atoms with Crippen molar-refractivity contribution in [2.24, 2.45) is 5.92 Å². The van der Waals surface area contributed by atoms with E-state index in [0.717, 1.165) is 0 Å². The second kappa shape index (κ2) is 8.22. The maximum absolute atomic E-state index is 13.2. The quantitative estimate of drug-likeness (QED) is 0.644. The molecule has 30 heavy (non-hydrogen) atoms. The van der Waals surface area contributed by atoms with Crippen molar-refractivity contribution >= 4 is 44.1 Å². The highest BCUT2D eigenvalue weighted by Crippen LogP contribution is 2.26. The molecular formula is C21H20ClN3O4S. The number of pyridine rings is 1. The van der Waals surface area contributed by atoms with Crippen molar-refractivity contribution in [1.29, 1.82) is 0 Å². The lowest BCUT2D eigenvalue weighted by Gasteiger charge is -2.31. The molecule has 1 saturated heterocycles. The number of sulfonamides is 1. The first-order valence-electron chi connectivity index (χ1n) is 9.52. The van der Waals surface area contributed by atoms with Gasteiger partial charge in [-0.15, -0.1) is 0 Å². The number of halogens is 1. The van der Waals surface area contributed by atoms with E-state index >= 15 is 0 Å². The molecule has 7 nitrogen and oxygen atoms in total. The molecule has 0 spiro atoms. The molecule has 1 aromatic heterocycles. The molecule has 2 N–H and O–H groups in total. The standard InChI is InChI=1S/C21H20ClN3O4S/c22-16-4-1-5-17(12-16)23-21(27)15-3-2-10-25(13-15)30(28,29)18-7-8-19-14(11-18)6-9-20(26)24-19/h1,4-9,11-12,15H,2-3,10,13H2,(H,23,27)(H,24,26)/t15-/m1/s1. The van der Waals surface area contributed by atoms with Gasteiger partial charge in [0.2, 0.25) is 21.5 Å². The second-order valence-corrected chi connectivity index (χ2v) is 9.65. The molecule has 0 aliphatic carbocycles. The Labute approximate surface area is 178 Å². The van der Waals surface area contributed by atoms with Gasteiger partial charge < -0.3 is 10.3 Å². The number of fused-ring (bicyclic) bond motifs is 1. The monoisotopic (exact) mass is 445 g/mol. The first-order chi connectivity index (χ1) is 14.3. The van der Waals surface area contributed by atoms with Gasteiger partial charge in [0.15, 0.2) is 0 Å². The van der Waals surface area contributed by atoms with Crippen molar-refractivity contribution in [2.45, 2.75) is 17.7 Å². The van der Waals surface area contributed by atoms with E-state index in [1.165, 1.54) is 22.5 Å². The number of piperidine rings is 1. The van der Waals surface area contributed by atoms with Crippen molar-refractivity contribution in [3.63, 3.8) is 0 Å². The normalized spacial score (nSPS) is 17.7. The van der Waals surface area contributed by atoms with Crippen LogP contribution in [0.15, 0.2) is 64.3 Å². The zero-order valence-electron chi connectivity index (χ0n) is 16.0. The Kier molecular flexibility index (Phi) is 5.64. The van der Waals surface area contributed by atoms with E-state index in [1.54, 1.807) is 36.4 Å². The third kappa shape index (κ3) is 4.26. The fraction of sp³-hybridized carbons (Fsp3) is 0.238. The summed E-state index contributed by atoms with van der Waals surface area (Å²) in [5, 5.41) is 3.96. The van der Waals surface area contributed by atoms with Crippen molar-refractivity contribution in [1.82, 2.24) is 9.29 Å². The van der Waals surface area contributed by atoms with Gasteiger partial charge in [0.25, 0.3) is 0 Å². The second-order valence-electron chi connectivity index (χ2n) is 7.27. The summed E-state index contributed by atoms with van der Waals surface area (Å²) in [5.41, 5.74) is 0.901. The zero-order chi connectivity index (χ0) is 21.3. The number of rotatable bonds is 4. The molecule has 2 heterocycles. The molecule has 1 fully saturated rings. The molecule has 0 bridgehead atoms. The highest BCUT2D eigenvalue weighted by Gasteiger charge is 2.33. The Balaban J connectivity index is 1.53. The lowest BCUT2D eigenvalue weighted by Crippen LogP contribution is -2.43. The number of carbonyl (C=O) groups excluding carboxylic acids is 1. The Bertz CT molecular complexity index is 1270. The van der Waals surface area contributed by atoms with Gasteiger partial charge in [-0.05, 0) is 60.7 Å². The summed E-state index contributed by atoms with van der Waals surface area (Å²) in [6.45, 7) is 0.464. The summed E-state index contributed by atoms with van der Waals surface area (Å²) in [7, 11) is -3.77. The number of anilines is 1. The topological polar surface area (TPSA) is 99.3 Å². The SMILES string of the molecule is O=C(Nc1cccc(Cl)c1)[C@@H]1CCCN(S(=O)(=O)c2ccc3[nH]c(=O)ccc3c2)C1. The number of carbonyl (C=O) groups is 1. The zero-order valence-corrected chi connectivity index (χ0v) is 17.5. The molecule has 0 saturated carbocycles. The number of hydrogen-bond donors (Lipinski definition) is 2. The number of hydrogen-bond acceptors (Lipinski definition) is 4. The molecule has 1 aliphatic heterocycles. The predicted molar refractivity (Wildman–Crippen MR) is 116 cm³/mol. The minimum absolute atomic E-state index is 0.110. The minimum Gasteiger partial charge on any atom is -0.326 e. The van der Waals surface area contributed by atoms with Crippen LogP contribution >= 0.6 is 11.6 Å². The number of nitrogens with zero attached hydrogens (tertiary/aromatic N) is 1. The Morgan fingerprint density at radius 2 is 1.97 bits per heavy atom. The average molecular weight is 446 g/mol. The van der Waals surface area contributed by atoms with Gasteiger partial charge in [-0.1, -0.05) is 17.7 Å². The minimum atomic E-state index is -3.77. The number of aromatic nitrogens is 1. The van der Waals surface area contributed by atoms with Crippen molar-refractivity contribution in [3.05, 3.63) is 70.0 Å². The van der Waals surface area contributed by atoms with Gasteiger partial charge >= 0.3 is 0 Å². The number of benzene rings is 2. The number of amides is 1. The maximum Gasteiger partial charge on any atom is 0.248 e. The third-order valence-corrected chi connectivity index (χ3v) is 7.28. The van der Waals surface area contributed by atoms with Crippen LogP contribution in [-0.2, 0) is 14.8 Å². The number of aromatic amines is 1. The van der Waals surface area contributed by atoms with Gasteiger partial charge in [-0.2, -0.15) is 4.31 Å². The summed E-state index contributed by atoms with van der Waals surface area (Å²) in [5.74, 6) is -0.683. The van der Waals surface area contributed by atoms with Gasteiger partial charge in [-0.25, -0.2) is 8.42 Å². The first kappa shape index (κ1) is 20.6. The molecule has 1 atom stereocenters. The lowest BCUT2D eigenvalue weighted by molar-refractivity contribution is -0.120. The average Bonchev–Trinajstić information content (AvgIpc) is 2.73. The van der Waals surface area contributed by atoms with E-state index < -0.39 is 15.9 Å². The van der Waals surface area contributed by atoms with E-state index in [9.17, 15) is 18.0 Å². The molecule has 0 unspecified atom stereocenters. The van der Waals surface area contributed by atoms with Crippen LogP contribution in [-0.4, -0.2) is 36.7 Å². The van der Waals surface area contributed by atoms with Gasteiger partial charge in [0, 0.05) is 35.4 Å². The van der Waals surface area contributed by atoms with Crippen LogP contribution in [0, 0.1) is 5.92 Å². The van der Waals surface area contributed by atoms with Crippen LogP contribution < -0.4 is 10.9 Å². The van der Waals surface area contributed by atoms with E-state index in [-0.39, 0.29) is 22.9 Å². The van der Waals surface area contributed by atoms with E-state index in [1.807, 2.05) is 0 Å². The van der Waals surface area contributed by atoms with Gasteiger partial charge in [0.1, 0.15) is 0 Å². The molecule has 1 aliphatic rings. The molecule has 156 valence electrons. The predicted octanol–water partition coefficient (Wildman–Crippen LogP) is 3.22. The van der Waals surface area contributed by atoms with Crippen LogP contribution in [0.5, 0.6) is 0 Å². The van der Waals surface area contributed by atoms with Crippen molar-refractivity contribution < 1.29 is 13.2 Å². The molecule has 3 aromatic rings. The van der Waals surface area contributed by atoms with Gasteiger partial charge in [0.05, 0.1) is 10.8 Å². The van der Waals surface area contributed by atoms with Crippen LogP contribution in [0.25, 0.3) is 10.9 Å².